The molecule has 1 aromatic rings. The molecule has 3 rings (SSSR count). The quantitative estimate of drug-likeness (QED) is 0.742. The summed E-state index contributed by atoms with van der Waals surface area (Å²) < 4.78 is 25.2. The number of hydrogen-bond donors (Lipinski definition) is 2. The third kappa shape index (κ3) is 5.50. The van der Waals surface area contributed by atoms with Crippen LogP contribution in [-0.2, 0) is 19.6 Å². The Morgan fingerprint density at radius 1 is 1.19 bits per heavy atom. The molecule has 0 spiro atoms. The lowest BCUT2D eigenvalue weighted by Gasteiger charge is -2.31. The molecule has 8 nitrogen and oxygen atoms in total. The predicted octanol–water partition coefficient (Wildman–Crippen LogP) is 0.766. The molecule has 148 valence electrons. The number of likely N-dealkylation sites (tertiary alicyclic amines) is 1. The first-order valence-electron chi connectivity index (χ1n) is 9.21. The second-order valence-electron chi connectivity index (χ2n) is 7.15. The van der Waals surface area contributed by atoms with Crippen molar-refractivity contribution in [2.45, 2.75) is 31.7 Å². The highest BCUT2D eigenvalue weighted by molar-refractivity contribution is 7.88. The van der Waals surface area contributed by atoms with Gasteiger partial charge in [0.15, 0.2) is 0 Å². The fraction of sp³-hybridized carbons (Fsp3) is 0.556. The van der Waals surface area contributed by atoms with E-state index in [9.17, 15) is 18.0 Å². The molecule has 2 N–H and O–H groups in total. The van der Waals surface area contributed by atoms with Crippen molar-refractivity contribution in [3.63, 3.8) is 0 Å². The van der Waals surface area contributed by atoms with Crippen molar-refractivity contribution >= 4 is 33.2 Å². The minimum atomic E-state index is -3.20. The van der Waals surface area contributed by atoms with E-state index < -0.39 is 10.0 Å². The van der Waals surface area contributed by atoms with Gasteiger partial charge in [-0.25, -0.2) is 13.1 Å². The number of amides is 2. The Bertz CT molecular complexity index is 803. The highest BCUT2D eigenvalue weighted by Crippen LogP contribution is 2.29. The Balaban J connectivity index is 1.54. The molecule has 27 heavy (non-hydrogen) atoms. The van der Waals surface area contributed by atoms with Crippen LogP contribution in [0.2, 0.25) is 0 Å². The topological polar surface area (TPSA) is 98.8 Å². The van der Waals surface area contributed by atoms with Crippen LogP contribution in [0.4, 0.5) is 11.4 Å². The maximum absolute atomic E-state index is 12.5. The van der Waals surface area contributed by atoms with Gasteiger partial charge in [-0.2, -0.15) is 0 Å². The van der Waals surface area contributed by atoms with Crippen molar-refractivity contribution in [2.75, 3.05) is 42.7 Å². The van der Waals surface area contributed by atoms with Crippen molar-refractivity contribution in [1.29, 1.82) is 0 Å². The molecule has 0 unspecified atom stereocenters. The van der Waals surface area contributed by atoms with Crippen LogP contribution in [0.25, 0.3) is 0 Å². The van der Waals surface area contributed by atoms with Gasteiger partial charge in [0, 0.05) is 32.1 Å². The van der Waals surface area contributed by atoms with Crippen molar-refractivity contribution < 1.29 is 18.0 Å². The summed E-state index contributed by atoms with van der Waals surface area (Å²) in [6.07, 6.45) is 3.89. The first kappa shape index (κ1) is 19.8. The third-order valence-electron chi connectivity index (χ3n) is 4.88. The van der Waals surface area contributed by atoms with Crippen molar-refractivity contribution in [2.24, 2.45) is 0 Å². The van der Waals surface area contributed by atoms with Crippen LogP contribution in [0.15, 0.2) is 24.3 Å². The summed E-state index contributed by atoms with van der Waals surface area (Å²) in [4.78, 5) is 28.2. The van der Waals surface area contributed by atoms with Crippen LogP contribution < -0.4 is 14.9 Å². The highest BCUT2D eigenvalue weighted by Gasteiger charge is 2.25. The third-order valence-corrected chi connectivity index (χ3v) is 5.64. The van der Waals surface area contributed by atoms with Crippen LogP contribution in [0.5, 0.6) is 0 Å². The molecule has 2 aliphatic rings. The SMILES string of the molecule is CS(=O)(=O)NC1CCN(CC(=O)Nc2ccccc2N2CCCC2=O)CC1. The van der Waals surface area contributed by atoms with Gasteiger partial charge in [-0.15, -0.1) is 0 Å². The summed E-state index contributed by atoms with van der Waals surface area (Å²) >= 11 is 0. The van der Waals surface area contributed by atoms with E-state index in [1.165, 1.54) is 0 Å². The van der Waals surface area contributed by atoms with Gasteiger partial charge in [0.2, 0.25) is 21.8 Å². The smallest absolute Gasteiger partial charge is 0.238 e. The standard InChI is InChI=1S/C18H26N4O4S/c1-27(25,26)20-14-8-11-21(12-9-14)13-17(23)19-15-5-2-3-6-16(15)22-10-4-7-18(22)24/h2-3,5-6,14,20H,4,7-13H2,1H3,(H,19,23). The molecule has 9 heteroatoms. The molecular weight excluding hydrogens is 368 g/mol. The Morgan fingerprint density at radius 2 is 1.89 bits per heavy atom. The summed E-state index contributed by atoms with van der Waals surface area (Å²) in [5, 5.41) is 2.92. The van der Waals surface area contributed by atoms with Gasteiger partial charge in [-0.3, -0.25) is 14.5 Å². The van der Waals surface area contributed by atoms with Crippen LogP contribution in [0.3, 0.4) is 0 Å². The number of nitrogens with one attached hydrogen (secondary N) is 2. The minimum absolute atomic E-state index is 0.0683. The fourth-order valence-corrected chi connectivity index (χ4v) is 4.46. The number of benzene rings is 1. The molecule has 0 atom stereocenters. The number of carbonyl (C=O) groups is 2. The second kappa shape index (κ2) is 8.37. The summed E-state index contributed by atoms with van der Waals surface area (Å²) in [7, 11) is -3.20. The van der Waals surface area contributed by atoms with Crippen LogP contribution in [-0.4, -0.2) is 63.6 Å². The molecule has 0 saturated carbocycles. The Hall–Kier alpha value is -1.97. The van der Waals surface area contributed by atoms with E-state index >= 15 is 0 Å². The van der Waals surface area contributed by atoms with Gasteiger partial charge in [-0.1, -0.05) is 12.1 Å². The van der Waals surface area contributed by atoms with E-state index in [4.69, 9.17) is 0 Å². The molecular formula is C18H26N4O4S. The average Bonchev–Trinajstić information content (AvgIpc) is 3.02. The lowest BCUT2D eigenvalue weighted by molar-refractivity contribution is -0.118. The normalized spacial score (nSPS) is 19.4. The molecule has 0 aliphatic carbocycles. The monoisotopic (exact) mass is 394 g/mol. The summed E-state index contributed by atoms with van der Waals surface area (Å²) in [5.41, 5.74) is 1.38. The number of carbonyl (C=O) groups excluding carboxylic acids is 2. The summed E-state index contributed by atoms with van der Waals surface area (Å²) in [5.74, 6) is -0.0548. The Labute approximate surface area is 160 Å². The van der Waals surface area contributed by atoms with Crippen molar-refractivity contribution in [3.8, 4) is 0 Å². The molecule has 2 aliphatic heterocycles. The van der Waals surface area contributed by atoms with E-state index in [2.05, 4.69) is 10.0 Å². The maximum atomic E-state index is 12.5. The van der Waals surface area contributed by atoms with Crippen molar-refractivity contribution in [1.82, 2.24) is 9.62 Å². The van der Waals surface area contributed by atoms with Gasteiger partial charge in [0.05, 0.1) is 24.2 Å². The number of nitrogens with zero attached hydrogens (tertiary/aromatic N) is 2. The zero-order valence-corrected chi connectivity index (χ0v) is 16.3. The zero-order chi connectivity index (χ0) is 19.4. The van der Waals surface area contributed by atoms with Crippen molar-refractivity contribution in [3.05, 3.63) is 24.3 Å². The van der Waals surface area contributed by atoms with Crippen LogP contribution in [0.1, 0.15) is 25.7 Å². The second-order valence-corrected chi connectivity index (χ2v) is 8.93. The molecule has 0 aromatic heterocycles. The fourth-order valence-electron chi connectivity index (χ4n) is 3.62. The van der Waals surface area contributed by atoms with Gasteiger partial charge >= 0.3 is 0 Å². The van der Waals surface area contributed by atoms with E-state index in [-0.39, 0.29) is 24.4 Å². The predicted molar refractivity (Wildman–Crippen MR) is 104 cm³/mol. The maximum Gasteiger partial charge on any atom is 0.238 e. The van der Waals surface area contributed by atoms with E-state index in [0.717, 1.165) is 18.4 Å². The van der Waals surface area contributed by atoms with E-state index in [0.29, 0.717) is 44.6 Å². The summed E-state index contributed by atoms with van der Waals surface area (Å²) in [6, 6.07) is 7.28. The Morgan fingerprint density at radius 3 is 2.52 bits per heavy atom. The van der Waals surface area contributed by atoms with Crippen LogP contribution in [0, 0.1) is 0 Å². The molecule has 0 radical (unpaired) electrons. The molecule has 2 fully saturated rings. The van der Waals surface area contributed by atoms with Gasteiger partial charge in [0.25, 0.3) is 0 Å². The lowest BCUT2D eigenvalue weighted by atomic mass is 10.1. The molecule has 2 heterocycles. The Kier molecular flexibility index (Phi) is 6.13. The van der Waals surface area contributed by atoms with Gasteiger partial charge < -0.3 is 10.2 Å². The largest absolute Gasteiger partial charge is 0.323 e. The minimum Gasteiger partial charge on any atom is -0.323 e. The summed E-state index contributed by atoms with van der Waals surface area (Å²) in [6.45, 7) is 2.24. The van der Waals surface area contributed by atoms with E-state index in [1.807, 2.05) is 23.1 Å². The molecule has 2 saturated heterocycles. The molecule has 1 aromatic carbocycles. The van der Waals surface area contributed by atoms with Gasteiger partial charge in [0.1, 0.15) is 0 Å². The number of sulfonamides is 1. The number of hydrogen-bond acceptors (Lipinski definition) is 5. The van der Waals surface area contributed by atoms with Gasteiger partial charge in [-0.05, 0) is 31.4 Å². The highest BCUT2D eigenvalue weighted by atomic mass is 32.2. The number of anilines is 2. The van der Waals surface area contributed by atoms with Crippen LogP contribution >= 0.6 is 0 Å². The average molecular weight is 394 g/mol. The molecule has 0 bridgehead atoms. The zero-order valence-electron chi connectivity index (χ0n) is 15.5. The number of rotatable bonds is 6. The van der Waals surface area contributed by atoms with E-state index in [1.54, 1.807) is 11.0 Å². The number of piperidine rings is 1. The lowest BCUT2D eigenvalue weighted by Crippen LogP contribution is -2.46. The first-order chi connectivity index (χ1) is 12.8. The number of para-hydroxylation sites is 2. The molecule has 2 amide bonds. The first-order valence-corrected chi connectivity index (χ1v) is 11.1.